The van der Waals surface area contributed by atoms with Gasteiger partial charge in [0.2, 0.25) is 0 Å². The van der Waals surface area contributed by atoms with Crippen molar-refractivity contribution in [2.75, 3.05) is 0 Å². The maximum atomic E-state index is 13.5. The molecule has 0 aliphatic carbocycles. The summed E-state index contributed by atoms with van der Waals surface area (Å²) in [5.74, 6) is -94.0. The Hall–Kier alpha value is -0.580. The molecule has 0 aromatic heterocycles. The van der Waals surface area contributed by atoms with Gasteiger partial charge in [0.05, 0.1) is 0 Å². The topological polar surface area (TPSA) is 54.4 Å². The molecule has 3 nitrogen and oxygen atoms in total. The van der Waals surface area contributed by atoms with Crippen molar-refractivity contribution in [2.24, 2.45) is 0 Å². The minimum atomic E-state index is -9.76. The molecule has 0 aliphatic heterocycles. The molecule has 0 aliphatic rings. The first-order valence-corrected chi connectivity index (χ1v) is 9.63. The molecule has 0 rings (SSSR count). The van der Waals surface area contributed by atoms with Crippen LogP contribution in [0.3, 0.4) is 0 Å². The third-order valence-electron chi connectivity index (χ3n) is 4.59. The second-order valence-corrected chi connectivity index (χ2v) is 8.70. The molecule has 0 aromatic carbocycles. The molecular formula is C12H3CaF25O3S. The van der Waals surface area contributed by atoms with Gasteiger partial charge >= 0.3 is 119 Å². The minimum Gasteiger partial charge on any atom is -1.00 e. The second-order valence-electron chi connectivity index (χ2n) is 7.23. The van der Waals surface area contributed by atoms with Gasteiger partial charge in [-0.1, -0.05) is 0 Å². The van der Waals surface area contributed by atoms with Crippen LogP contribution in [0.15, 0.2) is 0 Å². The zero-order chi connectivity index (χ0) is 34.5. The van der Waals surface area contributed by atoms with Gasteiger partial charge in [-0.05, 0) is 0 Å². The van der Waals surface area contributed by atoms with Crippen molar-refractivity contribution >= 4 is 47.9 Å². The van der Waals surface area contributed by atoms with Crippen molar-refractivity contribution in [3.05, 3.63) is 0 Å². The Morgan fingerprint density at radius 2 is 0.476 bits per heavy atom. The molecule has 0 atom stereocenters. The molecule has 0 saturated carbocycles. The average Bonchev–Trinajstić information content (AvgIpc) is 2.70. The van der Waals surface area contributed by atoms with Crippen molar-refractivity contribution in [3.8, 4) is 0 Å². The quantitative estimate of drug-likeness (QED) is 0.138. The summed E-state index contributed by atoms with van der Waals surface area (Å²) in [6.07, 6.45) is -8.23. The summed E-state index contributed by atoms with van der Waals surface area (Å²) in [4.78, 5) is 0. The molecule has 0 aromatic rings. The molecule has 30 heteroatoms. The van der Waals surface area contributed by atoms with E-state index in [4.69, 9.17) is 4.55 Å². The number of hydrogen-bond acceptors (Lipinski definition) is 2. The van der Waals surface area contributed by atoms with E-state index in [0.717, 1.165) is 0 Å². The van der Waals surface area contributed by atoms with E-state index < -0.39 is 80.8 Å². The number of rotatable bonds is 11. The van der Waals surface area contributed by atoms with E-state index in [1.165, 1.54) is 0 Å². The van der Waals surface area contributed by atoms with E-state index in [2.05, 4.69) is 0 Å². The van der Waals surface area contributed by atoms with Crippen molar-refractivity contribution in [1.82, 2.24) is 0 Å². The Bertz CT molecular complexity index is 1120. The number of hydrogen-bond donors (Lipinski definition) is 1. The molecule has 252 valence electrons. The maximum absolute atomic E-state index is 13.5. The Morgan fingerprint density at radius 3 is 0.619 bits per heavy atom. The summed E-state index contributed by atoms with van der Waals surface area (Å²) in [6.45, 7) is 0. The predicted molar refractivity (Wildman–Crippen MR) is 80.0 cm³/mol. The van der Waals surface area contributed by atoms with Crippen LogP contribution < -0.4 is 0 Å². The normalized spacial score (nSPS) is 16.8. The molecule has 0 bridgehead atoms. The van der Waals surface area contributed by atoms with Crippen LogP contribution in [-0.4, -0.2) is 121 Å². The smallest absolute Gasteiger partial charge is 1.00 e. The Labute approximate surface area is 244 Å². The van der Waals surface area contributed by atoms with Gasteiger partial charge in [0, 0.05) is 0 Å². The van der Waals surface area contributed by atoms with Crippen LogP contribution >= 0.6 is 0 Å². The van der Waals surface area contributed by atoms with Crippen molar-refractivity contribution in [3.63, 3.8) is 0 Å². The molecule has 0 amide bonds. The minimum absolute atomic E-state index is 0. The Balaban J connectivity index is -0.00000267. The zero-order valence-corrected chi connectivity index (χ0v) is 20.9. The van der Waals surface area contributed by atoms with Crippen LogP contribution in [0, 0.1) is 0 Å². The van der Waals surface area contributed by atoms with E-state index in [9.17, 15) is 118 Å². The van der Waals surface area contributed by atoms with Crippen molar-refractivity contribution in [1.29, 1.82) is 0 Å². The monoisotopic (exact) mass is 742 g/mol. The Morgan fingerprint density at radius 1 is 0.333 bits per heavy atom. The van der Waals surface area contributed by atoms with Gasteiger partial charge < -0.3 is 2.85 Å². The maximum Gasteiger partial charge on any atom is 2.00 e. The van der Waals surface area contributed by atoms with E-state index in [-0.39, 0.29) is 40.6 Å². The van der Waals surface area contributed by atoms with E-state index in [1.807, 2.05) is 0 Å². The largest absolute Gasteiger partial charge is 2.00 e. The number of alkyl halides is 25. The molecule has 1 N–H and O–H groups in total. The van der Waals surface area contributed by atoms with Gasteiger partial charge in [-0.25, -0.2) is 0 Å². The third kappa shape index (κ3) is 5.04. The van der Waals surface area contributed by atoms with Crippen LogP contribution in [0.4, 0.5) is 110 Å². The van der Waals surface area contributed by atoms with Gasteiger partial charge in [-0.2, -0.15) is 118 Å². The summed E-state index contributed by atoms with van der Waals surface area (Å²) in [6, 6.07) is 0. The first-order valence-electron chi connectivity index (χ1n) is 8.19. The summed E-state index contributed by atoms with van der Waals surface area (Å²) >= 11 is 0. The zero-order valence-electron chi connectivity index (χ0n) is 19.8. The molecule has 0 saturated heterocycles. The van der Waals surface area contributed by atoms with Crippen LogP contribution in [0.1, 0.15) is 2.85 Å². The van der Waals surface area contributed by atoms with Gasteiger partial charge in [-0.3, -0.25) is 4.55 Å². The molecule has 42 heavy (non-hydrogen) atoms. The summed E-state index contributed by atoms with van der Waals surface area (Å²) in [5.41, 5.74) is 0. The fourth-order valence-corrected chi connectivity index (χ4v) is 2.55. The SMILES string of the molecule is O=S(=O)(O)C(F)(F)C(F)(F)C(F)(F)C(F)(F)C(F)(F)C(F)(F)C(F)(F)C(F)(F)C(F)(F)C(F)(F)C(F)(F)C(F)(F)F.[Ca+2].[H-].[H-]. The molecule has 0 heterocycles. The van der Waals surface area contributed by atoms with Gasteiger partial charge in [-0.15, -0.1) is 0 Å². The Kier molecular flexibility index (Phi) is 10.9. The van der Waals surface area contributed by atoms with Gasteiger partial charge in [0.25, 0.3) is 0 Å². The molecular weight excluding hydrogens is 739 g/mol. The van der Waals surface area contributed by atoms with Crippen molar-refractivity contribution < 1.29 is 126 Å². The third-order valence-corrected chi connectivity index (χ3v) is 5.50. The van der Waals surface area contributed by atoms with E-state index in [1.54, 1.807) is 0 Å². The first-order chi connectivity index (χ1) is 17.0. The fraction of sp³-hybridized carbons (Fsp3) is 1.00. The van der Waals surface area contributed by atoms with Crippen molar-refractivity contribution in [2.45, 2.75) is 70.7 Å². The molecule has 0 unspecified atom stereocenters. The second kappa shape index (κ2) is 10.5. The van der Waals surface area contributed by atoms with Crippen LogP contribution in [0.25, 0.3) is 0 Å². The summed E-state index contributed by atoms with van der Waals surface area (Å²) < 4.78 is 355. The molecule has 0 fully saturated rings. The van der Waals surface area contributed by atoms with Crippen LogP contribution in [0.5, 0.6) is 0 Å². The van der Waals surface area contributed by atoms with Crippen LogP contribution in [-0.2, 0) is 10.1 Å². The average molecular weight is 742 g/mol. The first kappa shape index (κ1) is 43.5. The van der Waals surface area contributed by atoms with E-state index >= 15 is 0 Å². The summed E-state index contributed by atoms with van der Waals surface area (Å²) in [7, 11) is -8.24. The molecule has 0 spiro atoms. The van der Waals surface area contributed by atoms with Gasteiger partial charge in [0.1, 0.15) is 0 Å². The fourth-order valence-electron chi connectivity index (χ4n) is 2.10. The number of halogens is 25. The standard InChI is InChI=1S/C12HF25O3S.Ca.2H/c13-1(14,3(17,18)5(21,22)7(25,26)9(29,30)11(33,34)35)2(15,16)4(19,20)6(23,24)8(27,28)10(31,32)12(36,37)41(38,39)40;;;/h(H,38,39,40);;;/q;+2;2*-1. The van der Waals surface area contributed by atoms with E-state index in [0.29, 0.717) is 0 Å². The predicted octanol–water partition coefficient (Wildman–Crippen LogP) is 7.23. The van der Waals surface area contributed by atoms with Crippen LogP contribution in [0.2, 0.25) is 0 Å². The van der Waals surface area contributed by atoms with Gasteiger partial charge in [0.15, 0.2) is 0 Å². The summed E-state index contributed by atoms with van der Waals surface area (Å²) in [5, 5.41) is -8.22. The molecule has 0 radical (unpaired) electrons.